The van der Waals surface area contributed by atoms with E-state index < -0.39 is 11.6 Å². The third-order valence-corrected chi connectivity index (χ3v) is 3.10. The van der Waals surface area contributed by atoms with Gasteiger partial charge in [-0.2, -0.15) is 0 Å². The summed E-state index contributed by atoms with van der Waals surface area (Å²) in [5.41, 5.74) is 1.04. The second-order valence-electron chi connectivity index (χ2n) is 4.97. The summed E-state index contributed by atoms with van der Waals surface area (Å²) in [5, 5.41) is 3.37. The summed E-state index contributed by atoms with van der Waals surface area (Å²) in [6, 6.07) is 5.61. The monoisotopic (exact) mass is 279 g/mol. The second kappa shape index (κ2) is 5.63. The van der Waals surface area contributed by atoms with E-state index in [4.69, 9.17) is 9.15 Å². The Morgan fingerprint density at radius 3 is 2.60 bits per heavy atom. The fourth-order valence-corrected chi connectivity index (χ4v) is 1.91. The molecule has 0 aliphatic heterocycles. The first-order valence-electron chi connectivity index (χ1n) is 6.57. The molecule has 0 bridgehead atoms. The summed E-state index contributed by atoms with van der Waals surface area (Å²) < 4.78 is 36.6. The minimum absolute atomic E-state index is 0.145. The van der Waals surface area contributed by atoms with Gasteiger partial charge in [-0.05, 0) is 18.9 Å². The van der Waals surface area contributed by atoms with Crippen molar-refractivity contribution in [2.45, 2.75) is 32.0 Å². The van der Waals surface area contributed by atoms with Crippen molar-refractivity contribution in [3.8, 4) is 5.75 Å². The number of nitrogens with one attached hydrogen (secondary N) is 1. The highest BCUT2D eigenvalue weighted by Gasteiger charge is 2.20. The van der Waals surface area contributed by atoms with Crippen LogP contribution in [0.3, 0.4) is 0 Å². The van der Waals surface area contributed by atoms with Gasteiger partial charge >= 0.3 is 0 Å². The molecule has 0 spiro atoms. The van der Waals surface area contributed by atoms with Crippen LogP contribution in [0.15, 0.2) is 34.9 Å². The molecule has 1 aliphatic rings. The largest absolute Gasteiger partial charge is 0.485 e. The first-order chi connectivity index (χ1) is 9.69. The highest BCUT2D eigenvalue weighted by Crippen LogP contribution is 2.20. The fourth-order valence-electron chi connectivity index (χ4n) is 1.91. The van der Waals surface area contributed by atoms with Crippen LogP contribution in [0.4, 0.5) is 8.78 Å². The van der Waals surface area contributed by atoms with Crippen molar-refractivity contribution in [1.29, 1.82) is 0 Å². The van der Waals surface area contributed by atoms with Crippen LogP contribution < -0.4 is 10.1 Å². The Morgan fingerprint density at radius 2 is 1.90 bits per heavy atom. The molecule has 0 atom stereocenters. The fraction of sp³-hybridized carbons (Fsp3) is 0.333. The normalized spacial score (nSPS) is 14.5. The van der Waals surface area contributed by atoms with Gasteiger partial charge in [0.1, 0.15) is 29.8 Å². The van der Waals surface area contributed by atoms with Crippen molar-refractivity contribution in [2.24, 2.45) is 0 Å². The van der Waals surface area contributed by atoms with Crippen LogP contribution in [0, 0.1) is 11.6 Å². The molecular formula is C15H15F2NO2. The Balaban J connectivity index is 1.54. The van der Waals surface area contributed by atoms with Crippen LogP contribution in [0.2, 0.25) is 0 Å². The van der Waals surface area contributed by atoms with Gasteiger partial charge in [0.25, 0.3) is 0 Å². The molecule has 1 fully saturated rings. The van der Waals surface area contributed by atoms with Crippen molar-refractivity contribution in [1.82, 2.24) is 5.32 Å². The Labute approximate surface area is 115 Å². The lowest BCUT2D eigenvalue weighted by Gasteiger charge is -2.04. The molecule has 0 radical (unpaired) electrons. The highest BCUT2D eigenvalue weighted by molar-refractivity contribution is 5.24. The van der Waals surface area contributed by atoms with Crippen LogP contribution >= 0.6 is 0 Å². The van der Waals surface area contributed by atoms with E-state index in [1.54, 1.807) is 6.26 Å². The van der Waals surface area contributed by atoms with Crippen molar-refractivity contribution in [3.05, 3.63) is 53.5 Å². The molecule has 1 N–H and O–H groups in total. The first kappa shape index (κ1) is 13.1. The molecule has 0 amide bonds. The zero-order chi connectivity index (χ0) is 13.9. The summed E-state index contributed by atoms with van der Waals surface area (Å²) in [6.07, 6.45) is 4.14. The summed E-state index contributed by atoms with van der Waals surface area (Å²) in [7, 11) is 0. The third kappa shape index (κ3) is 3.57. The maximum Gasteiger partial charge on any atom is 0.146 e. The Hall–Kier alpha value is -1.88. The molecule has 1 saturated carbocycles. The van der Waals surface area contributed by atoms with Gasteiger partial charge in [-0.25, -0.2) is 8.78 Å². The molecular weight excluding hydrogens is 264 g/mol. The van der Waals surface area contributed by atoms with Gasteiger partial charge in [-0.15, -0.1) is 0 Å². The predicted molar refractivity (Wildman–Crippen MR) is 69.3 cm³/mol. The summed E-state index contributed by atoms with van der Waals surface area (Å²) in [5.74, 6) is -0.540. The number of benzene rings is 1. The van der Waals surface area contributed by atoms with Crippen LogP contribution in [-0.4, -0.2) is 6.04 Å². The molecule has 1 heterocycles. The molecule has 5 heteroatoms. The van der Waals surface area contributed by atoms with Crippen molar-refractivity contribution < 1.29 is 17.9 Å². The summed E-state index contributed by atoms with van der Waals surface area (Å²) >= 11 is 0. The molecule has 0 unspecified atom stereocenters. The first-order valence-corrected chi connectivity index (χ1v) is 6.57. The number of hydrogen-bond acceptors (Lipinski definition) is 3. The average molecular weight is 279 g/mol. The van der Waals surface area contributed by atoms with Gasteiger partial charge < -0.3 is 14.5 Å². The molecule has 20 heavy (non-hydrogen) atoms. The van der Waals surface area contributed by atoms with Crippen molar-refractivity contribution in [3.63, 3.8) is 0 Å². The minimum Gasteiger partial charge on any atom is -0.485 e. The topological polar surface area (TPSA) is 34.4 Å². The van der Waals surface area contributed by atoms with Gasteiger partial charge in [0.15, 0.2) is 0 Å². The lowest BCUT2D eigenvalue weighted by atomic mass is 10.3. The molecule has 3 nitrogen and oxygen atoms in total. The van der Waals surface area contributed by atoms with Crippen LogP contribution in [0.25, 0.3) is 0 Å². The zero-order valence-corrected chi connectivity index (χ0v) is 10.9. The minimum atomic E-state index is -0.659. The van der Waals surface area contributed by atoms with E-state index in [9.17, 15) is 8.78 Å². The number of halogens is 2. The van der Waals surface area contributed by atoms with Gasteiger partial charge in [-0.1, -0.05) is 0 Å². The van der Waals surface area contributed by atoms with E-state index in [0.29, 0.717) is 11.8 Å². The van der Waals surface area contributed by atoms with Crippen LogP contribution in [0.1, 0.15) is 24.2 Å². The standard InChI is InChI=1S/C15H15F2NO2/c16-11-4-12(17)6-14(5-11)20-9-15-3-10(8-19-15)7-18-13-1-2-13/h3-6,8,13,18H,1-2,7,9H2. The molecule has 106 valence electrons. The molecule has 1 aromatic carbocycles. The van der Waals surface area contributed by atoms with E-state index in [0.717, 1.165) is 30.3 Å². The van der Waals surface area contributed by atoms with Crippen LogP contribution in [-0.2, 0) is 13.2 Å². The number of furan rings is 1. The maximum atomic E-state index is 13.0. The summed E-state index contributed by atoms with van der Waals surface area (Å²) in [6.45, 7) is 0.912. The molecule has 1 aromatic heterocycles. The lowest BCUT2D eigenvalue weighted by molar-refractivity contribution is 0.268. The number of ether oxygens (including phenoxy) is 1. The van der Waals surface area contributed by atoms with E-state index in [2.05, 4.69) is 5.32 Å². The third-order valence-electron chi connectivity index (χ3n) is 3.10. The SMILES string of the molecule is Fc1cc(F)cc(OCc2cc(CNC3CC3)co2)c1. The van der Waals surface area contributed by atoms with Gasteiger partial charge in [0.05, 0.1) is 6.26 Å². The number of hydrogen-bond donors (Lipinski definition) is 1. The molecule has 1 aliphatic carbocycles. The van der Waals surface area contributed by atoms with Crippen molar-refractivity contribution >= 4 is 0 Å². The quantitative estimate of drug-likeness (QED) is 0.880. The predicted octanol–water partition coefficient (Wildman–Crippen LogP) is 3.39. The molecule has 3 rings (SSSR count). The van der Waals surface area contributed by atoms with Gasteiger partial charge in [0, 0.05) is 36.3 Å². The van der Waals surface area contributed by atoms with E-state index in [1.807, 2.05) is 6.07 Å². The maximum absolute atomic E-state index is 13.0. The molecule has 0 saturated heterocycles. The van der Waals surface area contributed by atoms with Crippen molar-refractivity contribution in [2.75, 3.05) is 0 Å². The lowest BCUT2D eigenvalue weighted by Crippen LogP contribution is -2.14. The number of rotatable bonds is 6. The van der Waals surface area contributed by atoms with E-state index >= 15 is 0 Å². The van der Waals surface area contributed by atoms with E-state index in [1.165, 1.54) is 12.8 Å². The van der Waals surface area contributed by atoms with E-state index in [-0.39, 0.29) is 12.4 Å². The summed E-state index contributed by atoms with van der Waals surface area (Å²) in [4.78, 5) is 0. The molecule has 2 aromatic rings. The zero-order valence-electron chi connectivity index (χ0n) is 10.9. The Kier molecular flexibility index (Phi) is 3.69. The average Bonchev–Trinajstić information content (AvgIpc) is 3.12. The Bertz CT molecular complexity index is 573. The second-order valence-corrected chi connectivity index (χ2v) is 4.97. The van der Waals surface area contributed by atoms with Crippen LogP contribution in [0.5, 0.6) is 5.75 Å². The highest BCUT2D eigenvalue weighted by atomic mass is 19.1. The smallest absolute Gasteiger partial charge is 0.146 e. The van der Waals surface area contributed by atoms with Gasteiger partial charge in [-0.3, -0.25) is 0 Å². The Morgan fingerprint density at radius 1 is 1.15 bits per heavy atom. The van der Waals surface area contributed by atoms with Gasteiger partial charge in [0.2, 0.25) is 0 Å².